The summed E-state index contributed by atoms with van der Waals surface area (Å²) in [6.07, 6.45) is 14.2. The summed E-state index contributed by atoms with van der Waals surface area (Å²) >= 11 is 0. The van der Waals surface area contributed by atoms with Crippen LogP contribution in [-0.2, 0) is 0 Å². The minimum Gasteiger partial charge on any atom is -0.312 e. The fourth-order valence-corrected chi connectivity index (χ4v) is 4.99. The Labute approximate surface area is 133 Å². The number of nitrogens with one attached hydrogen (secondary N) is 1. The molecule has 0 aliphatic heterocycles. The van der Waals surface area contributed by atoms with Crippen molar-refractivity contribution in [2.24, 2.45) is 11.8 Å². The van der Waals surface area contributed by atoms with Crippen molar-refractivity contribution in [1.82, 2.24) is 10.2 Å². The van der Waals surface area contributed by atoms with Crippen LogP contribution >= 0.6 is 0 Å². The summed E-state index contributed by atoms with van der Waals surface area (Å²) < 4.78 is 0. The van der Waals surface area contributed by atoms with E-state index in [1.165, 1.54) is 70.8 Å². The minimum absolute atomic E-state index is 0.398. The van der Waals surface area contributed by atoms with Crippen LogP contribution in [0.5, 0.6) is 0 Å². The van der Waals surface area contributed by atoms with E-state index in [2.05, 4.69) is 38.2 Å². The molecule has 124 valence electrons. The Balaban J connectivity index is 2.12. The molecule has 1 N–H and O–H groups in total. The highest BCUT2D eigenvalue weighted by Crippen LogP contribution is 2.41. The molecule has 0 aromatic rings. The minimum atomic E-state index is 0.398. The predicted molar refractivity (Wildman–Crippen MR) is 92.7 cm³/mol. The Morgan fingerprint density at radius 3 is 2.43 bits per heavy atom. The zero-order chi connectivity index (χ0) is 15.3. The molecule has 21 heavy (non-hydrogen) atoms. The van der Waals surface area contributed by atoms with E-state index in [1.54, 1.807) is 0 Å². The third kappa shape index (κ3) is 4.22. The maximum Gasteiger partial charge on any atom is 0.0359 e. The highest BCUT2D eigenvalue weighted by molar-refractivity contribution is 5.02. The van der Waals surface area contributed by atoms with Crippen LogP contribution in [0.2, 0.25) is 0 Å². The lowest BCUT2D eigenvalue weighted by Crippen LogP contribution is -2.61. The van der Waals surface area contributed by atoms with Gasteiger partial charge < -0.3 is 10.2 Å². The van der Waals surface area contributed by atoms with Gasteiger partial charge in [0.1, 0.15) is 0 Å². The molecule has 0 aromatic carbocycles. The molecule has 3 unspecified atom stereocenters. The lowest BCUT2D eigenvalue weighted by atomic mass is 9.69. The van der Waals surface area contributed by atoms with Crippen LogP contribution in [0, 0.1) is 11.8 Å². The zero-order valence-corrected chi connectivity index (χ0v) is 15.0. The molecule has 2 nitrogen and oxygen atoms in total. The monoisotopic (exact) mass is 294 g/mol. The molecule has 2 fully saturated rings. The van der Waals surface area contributed by atoms with Crippen molar-refractivity contribution in [3.8, 4) is 0 Å². The summed E-state index contributed by atoms with van der Waals surface area (Å²) in [6, 6.07) is 0.693. The van der Waals surface area contributed by atoms with Crippen LogP contribution < -0.4 is 5.32 Å². The van der Waals surface area contributed by atoms with E-state index in [4.69, 9.17) is 0 Å². The van der Waals surface area contributed by atoms with E-state index in [0.29, 0.717) is 11.6 Å². The summed E-state index contributed by atoms with van der Waals surface area (Å²) in [5.74, 6) is 1.86. The second kappa shape index (κ2) is 7.97. The first-order chi connectivity index (χ1) is 10.1. The van der Waals surface area contributed by atoms with Crippen LogP contribution in [0.15, 0.2) is 0 Å². The van der Waals surface area contributed by atoms with Gasteiger partial charge in [0, 0.05) is 11.6 Å². The number of hydrogen-bond acceptors (Lipinski definition) is 2. The van der Waals surface area contributed by atoms with Crippen LogP contribution in [0.1, 0.15) is 78.1 Å². The standard InChI is InChI=1S/C19H38N2/c1-5-13-20-18(14-17-10-6-7-11-17)19(21(3)4)12-8-9-16(2)15-19/h16-18,20H,5-15H2,1-4H3. The van der Waals surface area contributed by atoms with Gasteiger partial charge in [0.05, 0.1) is 0 Å². The summed E-state index contributed by atoms with van der Waals surface area (Å²) in [6.45, 7) is 5.94. The first-order valence-electron chi connectivity index (χ1n) is 9.49. The van der Waals surface area contributed by atoms with Crippen LogP contribution in [-0.4, -0.2) is 37.1 Å². The summed E-state index contributed by atoms with van der Waals surface area (Å²) in [7, 11) is 4.65. The Bertz CT molecular complexity index is 296. The molecule has 0 aromatic heterocycles. The summed E-state index contributed by atoms with van der Waals surface area (Å²) in [5.41, 5.74) is 0.398. The van der Waals surface area contributed by atoms with Crippen LogP contribution in [0.25, 0.3) is 0 Å². The maximum atomic E-state index is 3.97. The first-order valence-corrected chi connectivity index (χ1v) is 9.49. The normalized spacial score (nSPS) is 32.7. The molecule has 2 heteroatoms. The van der Waals surface area contributed by atoms with Gasteiger partial charge >= 0.3 is 0 Å². The smallest absolute Gasteiger partial charge is 0.0359 e. The number of rotatable bonds is 7. The van der Waals surface area contributed by atoms with Gasteiger partial charge in [-0.2, -0.15) is 0 Å². The molecule has 3 atom stereocenters. The molecule has 2 aliphatic carbocycles. The van der Waals surface area contributed by atoms with E-state index in [0.717, 1.165) is 11.8 Å². The van der Waals surface area contributed by atoms with Crippen LogP contribution in [0.3, 0.4) is 0 Å². The molecule has 0 saturated heterocycles. The molecular formula is C19H38N2. The molecule has 0 radical (unpaired) electrons. The third-order valence-corrected chi connectivity index (χ3v) is 6.23. The second-order valence-electron chi connectivity index (χ2n) is 8.09. The zero-order valence-electron chi connectivity index (χ0n) is 15.0. The van der Waals surface area contributed by atoms with Gasteiger partial charge in [-0.1, -0.05) is 52.4 Å². The van der Waals surface area contributed by atoms with Crippen LogP contribution in [0.4, 0.5) is 0 Å². The van der Waals surface area contributed by atoms with Crippen molar-refractivity contribution in [3.05, 3.63) is 0 Å². The van der Waals surface area contributed by atoms with Crippen molar-refractivity contribution >= 4 is 0 Å². The Morgan fingerprint density at radius 2 is 1.86 bits per heavy atom. The second-order valence-corrected chi connectivity index (χ2v) is 8.09. The molecule has 2 aliphatic rings. The molecule has 0 spiro atoms. The Hall–Kier alpha value is -0.0800. The van der Waals surface area contributed by atoms with Crippen molar-refractivity contribution in [2.45, 2.75) is 89.6 Å². The fourth-order valence-electron chi connectivity index (χ4n) is 4.99. The molecule has 2 saturated carbocycles. The van der Waals surface area contributed by atoms with E-state index in [9.17, 15) is 0 Å². The van der Waals surface area contributed by atoms with Gasteiger partial charge in [0.15, 0.2) is 0 Å². The van der Waals surface area contributed by atoms with E-state index < -0.39 is 0 Å². The molecular weight excluding hydrogens is 256 g/mol. The number of hydrogen-bond donors (Lipinski definition) is 1. The highest BCUT2D eigenvalue weighted by atomic mass is 15.2. The van der Waals surface area contributed by atoms with Gasteiger partial charge in [0.2, 0.25) is 0 Å². The van der Waals surface area contributed by atoms with Crippen molar-refractivity contribution in [2.75, 3.05) is 20.6 Å². The fraction of sp³-hybridized carbons (Fsp3) is 1.00. The van der Waals surface area contributed by atoms with Crippen molar-refractivity contribution in [3.63, 3.8) is 0 Å². The lowest BCUT2D eigenvalue weighted by molar-refractivity contribution is 0.0288. The number of likely N-dealkylation sites (N-methyl/N-ethyl adjacent to an activating group) is 1. The molecule has 0 bridgehead atoms. The maximum absolute atomic E-state index is 3.97. The average Bonchev–Trinajstić information content (AvgIpc) is 2.96. The molecule has 2 rings (SSSR count). The SMILES string of the molecule is CCCNC(CC1CCCC1)C1(N(C)C)CCCC(C)C1. The average molecular weight is 295 g/mol. The van der Waals surface area contributed by atoms with Crippen molar-refractivity contribution < 1.29 is 0 Å². The molecule has 0 heterocycles. The quantitative estimate of drug-likeness (QED) is 0.746. The van der Waals surface area contributed by atoms with Gasteiger partial charge in [0.25, 0.3) is 0 Å². The topological polar surface area (TPSA) is 15.3 Å². The Morgan fingerprint density at radius 1 is 1.14 bits per heavy atom. The first kappa shape index (κ1) is 17.3. The third-order valence-electron chi connectivity index (χ3n) is 6.23. The van der Waals surface area contributed by atoms with E-state index in [1.807, 2.05) is 0 Å². The molecule has 0 amide bonds. The largest absolute Gasteiger partial charge is 0.312 e. The summed E-state index contributed by atoms with van der Waals surface area (Å²) in [4.78, 5) is 2.57. The van der Waals surface area contributed by atoms with Gasteiger partial charge in [-0.25, -0.2) is 0 Å². The number of nitrogens with zero attached hydrogens (tertiary/aromatic N) is 1. The van der Waals surface area contributed by atoms with E-state index in [-0.39, 0.29) is 0 Å². The lowest BCUT2D eigenvalue weighted by Gasteiger charge is -2.51. The van der Waals surface area contributed by atoms with E-state index >= 15 is 0 Å². The summed E-state index contributed by atoms with van der Waals surface area (Å²) in [5, 5.41) is 3.97. The van der Waals surface area contributed by atoms with Gasteiger partial charge in [-0.05, 0) is 58.2 Å². The predicted octanol–water partition coefficient (Wildman–Crippen LogP) is 4.45. The van der Waals surface area contributed by atoms with Crippen molar-refractivity contribution in [1.29, 1.82) is 0 Å². The van der Waals surface area contributed by atoms with Gasteiger partial charge in [-0.3, -0.25) is 0 Å². The van der Waals surface area contributed by atoms with Gasteiger partial charge in [-0.15, -0.1) is 0 Å². The Kier molecular flexibility index (Phi) is 6.55. The highest BCUT2D eigenvalue weighted by Gasteiger charge is 2.44.